The fraction of sp³-hybridized carbons (Fsp3) is 0.357. The molecule has 0 saturated carbocycles. The third kappa shape index (κ3) is 2.74. The fourth-order valence-corrected chi connectivity index (χ4v) is 2.13. The van der Waals surface area contributed by atoms with Crippen LogP contribution in [0.2, 0.25) is 0 Å². The molecule has 1 heterocycles. The molecule has 0 saturated heterocycles. The van der Waals surface area contributed by atoms with E-state index in [1.54, 1.807) is 6.20 Å². The predicted molar refractivity (Wildman–Crippen MR) is 69.7 cm³/mol. The van der Waals surface area contributed by atoms with Crippen LogP contribution >= 0.6 is 0 Å². The van der Waals surface area contributed by atoms with Gasteiger partial charge in [-0.25, -0.2) is 4.98 Å². The summed E-state index contributed by atoms with van der Waals surface area (Å²) in [6.45, 7) is 6.44. The van der Waals surface area contributed by atoms with Gasteiger partial charge >= 0.3 is 0 Å². The van der Waals surface area contributed by atoms with Gasteiger partial charge in [-0.15, -0.1) is 0 Å². The molecule has 3 heteroatoms. The summed E-state index contributed by atoms with van der Waals surface area (Å²) in [6, 6.07) is 9.00. The van der Waals surface area contributed by atoms with E-state index in [9.17, 15) is 0 Å². The van der Waals surface area contributed by atoms with Crippen LogP contribution in [0.5, 0.6) is 0 Å². The molecule has 0 fully saturated rings. The van der Waals surface area contributed by atoms with Gasteiger partial charge in [0.1, 0.15) is 5.82 Å². The first-order valence-electron chi connectivity index (χ1n) is 5.99. The van der Waals surface area contributed by atoms with Gasteiger partial charge in [0.2, 0.25) is 0 Å². The van der Waals surface area contributed by atoms with Crippen LogP contribution in [0.3, 0.4) is 0 Å². The van der Waals surface area contributed by atoms with Gasteiger partial charge in [0.15, 0.2) is 0 Å². The summed E-state index contributed by atoms with van der Waals surface area (Å²) in [4.78, 5) is 7.40. The quantitative estimate of drug-likeness (QED) is 0.845. The Morgan fingerprint density at radius 2 is 1.94 bits per heavy atom. The lowest BCUT2D eigenvalue weighted by Crippen LogP contribution is -2.23. The highest BCUT2D eigenvalue weighted by Crippen LogP contribution is 2.20. The number of nitrogens with one attached hydrogen (secondary N) is 2. The first-order chi connectivity index (χ1) is 8.18. The number of hydrogen-bond donors (Lipinski definition) is 2. The smallest absolute Gasteiger partial charge is 0.122 e. The summed E-state index contributed by atoms with van der Waals surface area (Å²) in [5.41, 5.74) is 2.66. The third-order valence-corrected chi connectivity index (χ3v) is 3.08. The minimum Gasteiger partial charge on any atom is -0.347 e. The van der Waals surface area contributed by atoms with Crippen LogP contribution in [0.15, 0.2) is 36.7 Å². The molecular weight excluding hydrogens is 210 g/mol. The predicted octanol–water partition coefficient (Wildman–Crippen LogP) is 3.13. The Morgan fingerprint density at radius 3 is 2.59 bits per heavy atom. The molecule has 0 aliphatic carbocycles. The highest BCUT2D eigenvalue weighted by atomic mass is 15.0. The standard InChI is InChI=1S/C14H19N3/c1-10-6-4-5-7-13(10)11(2)17-12(3)14-15-8-9-16-14/h4-9,11-12,17H,1-3H3,(H,15,16). The average molecular weight is 229 g/mol. The molecule has 2 aromatic rings. The molecule has 2 N–H and O–H groups in total. The Hall–Kier alpha value is -1.61. The summed E-state index contributed by atoms with van der Waals surface area (Å²) in [5.74, 6) is 0.977. The number of H-pyrrole nitrogens is 1. The summed E-state index contributed by atoms with van der Waals surface area (Å²) >= 11 is 0. The number of aromatic amines is 1. The van der Waals surface area contributed by atoms with Crippen LogP contribution in [-0.4, -0.2) is 9.97 Å². The molecular formula is C14H19N3. The number of nitrogens with zero attached hydrogens (tertiary/aromatic N) is 1. The summed E-state index contributed by atoms with van der Waals surface area (Å²) < 4.78 is 0. The zero-order valence-electron chi connectivity index (χ0n) is 10.6. The molecule has 17 heavy (non-hydrogen) atoms. The molecule has 0 aliphatic heterocycles. The normalized spacial score (nSPS) is 14.5. The van der Waals surface area contributed by atoms with E-state index >= 15 is 0 Å². The fourth-order valence-electron chi connectivity index (χ4n) is 2.13. The van der Waals surface area contributed by atoms with Gasteiger partial charge < -0.3 is 10.3 Å². The molecule has 0 bridgehead atoms. The largest absolute Gasteiger partial charge is 0.347 e. The lowest BCUT2D eigenvalue weighted by molar-refractivity contribution is 0.478. The van der Waals surface area contributed by atoms with Crippen molar-refractivity contribution >= 4 is 0 Å². The van der Waals surface area contributed by atoms with E-state index in [-0.39, 0.29) is 6.04 Å². The van der Waals surface area contributed by atoms with Crippen LogP contribution in [0.25, 0.3) is 0 Å². The Labute approximate surface area is 102 Å². The van der Waals surface area contributed by atoms with Gasteiger partial charge in [0.25, 0.3) is 0 Å². The van der Waals surface area contributed by atoms with E-state index in [4.69, 9.17) is 0 Å². The van der Waals surface area contributed by atoms with Gasteiger partial charge in [-0.1, -0.05) is 24.3 Å². The maximum Gasteiger partial charge on any atom is 0.122 e. The van der Waals surface area contributed by atoms with Crippen LogP contribution in [0.1, 0.15) is 42.9 Å². The topological polar surface area (TPSA) is 40.7 Å². The second-order valence-electron chi connectivity index (χ2n) is 4.44. The maximum absolute atomic E-state index is 4.27. The van der Waals surface area contributed by atoms with Crippen molar-refractivity contribution in [3.05, 3.63) is 53.6 Å². The van der Waals surface area contributed by atoms with Crippen molar-refractivity contribution in [3.63, 3.8) is 0 Å². The van der Waals surface area contributed by atoms with Gasteiger partial charge in [-0.2, -0.15) is 0 Å². The van der Waals surface area contributed by atoms with Crippen molar-refractivity contribution in [1.82, 2.24) is 15.3 Å². The van der Waals surface area contributed by atoms with Gasteiger partial charge in [0, 0.05) is 18.4 Å². The van der Waals surface area contributed by atoms with Crippen LogP contribution in [-0.2, 0) is 0 Å². The molecule has 2 atom stereocenters. The van der Waals surface area contributed by atoms with Crippen LogP contribution < -0.4 is 5.32 Å². The van der Waals surface area contributed by atoms with E-state index in [1.807, 2.05) is 6.20 Å². The van der Waals surface area contributed by atoms with Crippen molar-refractivity contribution in [1.29, 1.82) is 0 Å². The Balaban J connectivity index is 2.07. The van der Waals surface area contributed by atoms with Crippen molar-refractivity contribution in [2.75, 3.05) is 0 Å². The third-order valence-electron chi connectivity index (χ3n) is 3.08. The Kier molecular flexibility index (Phi) is 3.59. The number of benzene rings is 1. The van der Waals surface area contributed by atoms with E-state index < -0.39 is 0 Å². The molecule has 2 rings (SSSR count). The van der Waals surface area contributed by atoms with Crippen molar-refractivity contribution in [2.24, 2.45) is 0 Å². The number of aromatic nitrogens is 2. The van der Waals surface area contributed by atoms with Crippen molar-refractivity contribution < 1.29 is 0 Å². The van der Waals surface area contributed by atoms with E-state index in [0.717, 1.165) is 5.82 Å². The molecule has 0 amide bonds. The van der Waals surface area contributed by atoms with Gasteiger partial charge in [0.05, 0.1) is 6.04 Å². The lowest BCUT2D eigenvalue weighted by atomic mass is 10.0. The monoisotopic (exact) mass is 229 g/mol. The van der Waals surface area contributed by atoms with E-state index in [0.29, 0.717) is 6.04 Å². The Morgan fingerprint density at radius 1 is 1.18 bits per heavy atom. The van der Waals surface area contributed by atoms with Gasteiger partial charge in [-0.05, 0) is 31.9 Å². The molecule has 3 nitrogen and oxygen atoms in total. The molecule has 1 aromatic heterocycles. The number of rotatable bonds is 4. The van der Waals surface area contributed by atoms with E-state index in [2.05, 4.69) is 60.3 Å². The van der Waals surface area contributed by atoms with Crippen molar-refractivity contribution in [2.45, 2.75) is 32.9 Å². The SMILES string of the molecule is Cc1ccccc1C(C)NC(C)c1ncc[nH]1. The molecule has 0 spiro atoms. The summed E-state index contributed by atoms with van der Waals surface area (Å²) in [7, 11) is 0. The van der Waals surface area contributed by atoms with Crippen molar-refractivity contribution in [3.8, 4) is 0 Å². The zero-order chi connectivity index (χ0) is 12.3. The second-order valence-corrected chi connectivity index (χ2v) is 4.44. The molecule has 0 radical (unpaired) electrons. The van der Waals surface area contributed by atoms with E-state index in [1.165, 1.54) is 11.1 Å². The number of imidazole rings is 1. The van der Waals surface area contributed by atoms with Gasteiger partial charge in [-0.3, -0.25) is 0 Å². The maximum atomic E-state index is 4.27. The second kappa shape index (κ2) is 5.15. The first kappa shape index (κ1) is 11.9. The highest BCUT2D eigenvalue weighted by Gasteiger charge is 2.13. The molecule has 1 aromatic carbocycles. The molecule has 2 unspecified atom stereocenters. The Bertz CT molecular complexity index is 462. The molecule has 0 aliphatic rings. The summed E-state index contributed by atoms with van der Waals surface area (Å²) in [5, 5.41) is 3.55. The minimum absolute atomic E-state index is 0.222. The highest BCUT2D eigenvalue weighted by molar-refractivity contribution is 5.28. The summed E-state index contributed by atoms with van der Waals surface area (Å²) in [6.07, 6.45) is 3.64. The van der Waals surface area contributed by atoms with Crippen LogP contribution in [0.4, 0.5) is 0 Å². The molecule has 90 valence electrons. The average Bonchev–Trinajstić information content (AvgIpc) is 2.82. The first-order valence-corrected chi connectivity index (χ1v) is 5.99. The zero-order valence-corrected chi connectivity index (χ0v) is 10.6. The number of aryl methyl sites for hydroxylation is 1. The number of hydrogen-bond acceptors (Lipinski definition) is 2. The van der Waals surface area contributed by atoms with Crippen LogP contribution in [0, 0.1) is 6.92 Å². The minimum atomic E-state index is 0.222. The lowest BCUT2D eigenvalue weighted by Gasteiger charge is -2.20.